The molecule has 0 amide bonds. The largest absolute Gasteiger partial charge is 0.315 e. The number of allylic oxidation sites excluding steroid dienone is 2. The summed E-state index contributed by atoms with van der Waals surface area (Å²) in [5.41, 5.74) is 0. The maximum absolute atomic E-state index is 3.57. The van der Waals surface area contributed by atoms with Crippen molar-refractivity contribution in [2.24, 2.45) is 23.7 Å². The van der Waals surface area contributed by atoms with E-state index in [0.717, 1.165) is 23.7 Å². The number of nitrogens with one attached hydrogen (secondary N) is 2. The Morgan fingerprint density at radius 1 is 0.810 bits per heavy atom. The summed E-state index contributed by atoms with van der Waals surface area (Å²) in [5, 5.41) is 7.13. The summed E-state index contributed by atoms with van der Waals surface area (Å²) in [5.74, 6) is 3.73. The van der Waals surface area contributed by atoms with Gasteiger partial charge >= 0.3 is 0 Å². The van der Waals surface area contributed by atoms with E-state index in [1.165, 1.54) is 45.2 Å². The average molecular weight is 293 g/mol. The van der Waals surface area contributed by atoms with E-state index in [0.29, 0.717) is 12.1 Å². The van der Waals surface area contributed by atoms with Crippen LogP contribution in [0.3, 0.4) is 0 Å². The molecule has 0 radical (unpaired) electrons. The lowest BCUT2D eigenvalue weighted by atomic mass is 9.78. The molecule has 4 unspecified atom stereocenters. The molecule has 4 atom stereocenters. The number of fused-ring (bicyclic) bond motifs is 2. The first-order chi connectivity index (χ1) is 10.1. The summed E-state index contributed by atoms with van der Waals surface area (Å²) in [6.07, 6.45) is 12.0. The molecule has 2 N–H and O–H groups in total. The third-order valence-electron chi connectivity index (χ3n) is 5.33. The fourth-order valence-electron chi connectivity index (χ4n) is 4.34. The van der Waals surface area contributed by atoms with Gasteiger partial charge in [0.25, 0.3) is 0 Å². The van der Waals surface area contributed by atoms with E-state index in [2.05, 4.69) is 50.5 Å². The van der Waals surface area contributed by atoms with Gasteiger partial charge in [0.2, 0.25) is 0 Å². The van der Waals surface area contributed by atoms with Crippen molar-refractivity contribution < 1.29 is 0 Å². The van der Waals surface area contributed by atoms with E-state index in [9.17, 15) is 0 Å². The van der Waals surface area contributed by atoms with Crippen molar-refractivity contribution in [3.05, 3.63) is 12.2 Å². The summed E-state index contributed by atoms with van der Waals surface area (Å²) in [7, 11) is 0. The molecule has 0 aromatic rings. The second kappa shape index (κ2) is 8.33. The van der Waals surface area contributed by atoms with Crippen molar-refractivity contribution in [2.75, 3.05) is 13.1 Å². The standard InChI is InChI=1S/C19H36N2/c1-14(2)20-11-5-7-18-16-9-10-17(13-16)19(18)8-6-12-21-15(3)4/h9-10,14-21H,5-8,11-13H2,1-4H3. The molecule has 2 nitrogen and oxygen atoms in total. The first kappa shape index (κ1) is 17.0. The van der Waals surface area contributed by atoms with Crippen LogP contribution in [0.15, 0.2) is 12.2 Å². The summed E-state index contributed by atoms with van der Waals surface area (Å²) >= 11 is 0. The first-order valence-corrected chi connectivity index (χ1v) is 9.23. The Hall–Kier alpha value is -0.340. The minimum Gasteiger partial charge on any atom is -0.315 e. The van der Waals surface area contributed by atoms with Crippen LogP contribution in [0.5, 0.6) is 0 Å². The van der Waals surface area contributed by atoms with Gasteiger partial charge in [-0.2, -0.15) is 0 Å². The Labute approximate surface area is 132 Å². The van der Waals surface area contributed by atoms with Crippen LogP contribution in [0, 0.1) is 23.7 Å². The molecule has 2 aliphatic rings. The topological polar surface area (TPSA) is 24.1 Å². The normalized spacial score (nSPS) is 31.0. The number of hydrogen-bond donors (Lipinski definition) is 2. The van der Waals surface area contributed by atoms with Crippen LogP contribution >= 0.6 is 0 Å². The maximum atomic E-state index is 3.57. The summed E-state index contributed by atoms with van der Waals surface area (Å²) in [4.78, 5) is 0. The van der Waals surface area contributed by atoms with Crippen LogP contribution in [0.4, 0.5) is 0 Å². The van der Waals surface area contributed by atoms with Gasteiger partial charge in [-0.15, -0.1) is 0 Å². The molecule has 0 saturated heterocycles. The Bertz CT molecular complexity index is 292. The quantitative estimate of drug-likeness (QED) is 0.470. The van der Waals surface area contributed by atoms with Gasteiger partial charge in [-0.05, 0) is 68.9 Å². The van der Waals surface area contributed by atoms with Crippen molar-refractivity contribution in [3.63, 3.8) is 0 Å². The van der Waals surface area contributed by atoms with E-state index in [-0.39, 0.29) is 0 Å². The SMILES string of the molecule is CC(C)NCCCC1C2C=CC(C2)C1CCCNC(C)C. The zero-order chi connectivity index (χ0) is 15.2. The number of rotatable bonds is 10. The predicted octanol–water partition coefficient (Wildman–Crippen LogP) is 3.98. The molecule has 2 aliphatic carbocycles. The van der Waals surface area contributed by atoms with E-state index in [1.54, 1.807) is 0 Å². The maximum Gasteiger partial charge on any atom is 0.00103 e. The summed E-state index contributed by atoms with van der Waals surface area (Å²) in [6, 6.07) is 1.26. The third kappa shape index (κ3) is 5.10. The molecule has 122 valence electrons. The third-order valence-corrected chi connectivity index (χ3v) is 5.33. The Kier molecular flexibility index (Phi) is 6.75. The molecule has 0 aliphatic heterocycles. The van der Waals surface area contributed by atoms with Gasteiger partial charge in [-0.1, -0.05) is 39.8 Å². The van der Waals surface area contributed by atoms with Crippen LogP contribution in [0.2, 0.25) is 0 Å². The van der Waals surface area contributed by atoms with Crippen LogP contribution in [0.25, 0.3) is 0 Å². The molecular formula is C19H36N2. The molecule has 2 heteroatoms. The highest BCUT2D eigenvalue weighted by Crippen LogP contribution is 2.51. The van der Waals surface area contributed by atoms with E-state index in [1.807, 2.05) is 0 Å². The van der Waals surface area contributed by atoms with E-state index < -0.39 is 0 Å². The first-order valence-electron chi connectivity index (χ1n) is 9.23. The molecule has 2 bridgehead atoms. The van der Waals surface area contributed by atoms with Gasteiger partial charge in [0.1, 0.15) is 0 Å². The molecule has 1 fully saturated rings. The monoisotopic (exact) mass is 292 g/mol. The Morgan fingerprint density at radius 2 is 1.24 bits per heavy atom. The fraction of sp³-hybridized carbons (Fsp3) is 0.895. The predicted molar refractivity (Wildman–Crippen MR) is 92.5 cm³/mol. The van der Waals surface area contributed by atoms with Crippen molar-refractivity contribution in [1.82, 2.24) is 10.6 Å². The smallest absolute Gasteiger partial charge is 0.00103 e. The highest BCUT2D eigenvalue weighted by molar-refractivity contribution is 5.13. The second-order valence-electron chi connectivity index (χ2n) is 7.78. The zero-order valence-electron chi connectivity index (χ0n) is 14.6. The van der Waals surface area contributed by atoms with Crippen molar-refractivity contribution in [1.29, 1.82) is 0 Å². The van der Waals surface area contributed by atoms with Gasteiger partial charge < -0.3 is 10.6 Å². The van der Waals surface area contributed by atoms with E-state index in [4.69, 9.17) is 0 Å². The van der Waals surface area contributed by atoms with Gasteiger partial charge in [0.05, 0.1) is 0 Å². The van der Waals surface area contributed by atoms with Gasteiger partial charge in [0, 0.05) is 12.1 Å². The lowest BCUT2D eigenvalue weighted by molar-refractivity contribution is 0.262. The minimum absolute atomic E-state index is 0.628. The molecule has 0 spiro atoms. The lowest BCUT2D eigenvalue weighted by Gasteiger charge is -2.28. The van der Waals surface area contributed by atoms with Crippen molar-refractivity contribution in [2.45, 2.75) is 71.9 Å². The molecular weight excluding hydrogens is 256 g/mol. The van der Waals surface area contributed by atoms with Gasteiger partial charge in [-0.3, -0.25) is 0 Å². The molecule has 0 aromatic heterocycles. The zero-order valence-corrected chi connectivity index (χ0v) is 14.6. The van der Waals surface area contributed by atoms with Crippen molar-refractivity contribution >= 4 is 0 Å². The molecule has 2 rings (SSSR count). The van der Waals surface area contributed by atoms with Gasteiger partial charge in [-0.25, -0.2) is 0 Å². The summed E-state index contributed by atoms with van der Waals surface area (Å²) in [6.45, 7) is 11.3. The lowest BCUT2D eigenvalue weighted by Crippen LogP contribution is -2.27. The molecule has 0 heterocycles. The van der Waals surface area contributed by atoms with Gasteiger partial charge in [0.15, 0.2) is 0 Å². The van der Waals surface area contributed by atoms with Crippen LogP contribution in [0.1, 0.15) is 59.8 Å². The minimum atomic E-state index is 0.628. The Morgan fingerprint density at radius 3 is 1.62 bits per heavy atom. The van der Waals surface area contributed by atoms with Crippen LogP contribution in [-0.4, -0.2) is 25.2 Å². The van der Waals surface area contributed by atoms with Crippen LogP contribution in [-0.2, 0) is 0 Å². The fourth-order valence-corrected chi connectivity index (χ4v) is 4.34. The van der Waals surface area contributed by atoms with Crippen molar-refractivity contribution in [3.8, 4) is 0 Å². The Balaban J connectivity index is 1.71. The molecule has 21 heavy (non-hydrogen) atoms. The highest BCUT2D eigenvalue weighted by Gasteiger charge is 2.43. The summed E-state index contributed by atoms with van der Waals surface area (Å²) < 4.78 is 0. The van der Waals surface area contributed by atoms with Crippen LogP contribution < -0.4 is 10.6 Å². The highest BCUT2D eigenvalue weighted by atomic mass is 14.9. The average Bonchev–Trinajstić information content (AvgIpc) is 3.00. The second-order valence-corrected chi connectivity index (χ2v) is 7.78. The molecule has 0 aromatic carbocycles. The van der Waals surface area contributed by atoms with E-state index >= 15 is 0 Å². The molecule has 1 saturated carbocycles. The number of hydrogen-bond acceptors (Lipinski definition) is 2.